The van der Waals surface area contributed by atoms with Gasteiger partial charge in [0.25, 0.3) is 5.91 Å². The molecule has 1 saturated carbocycles. The fourth-order valence-corrected chi connectivity index (χ4v) is 2.16. The van der Waals surface area contributed by atoms with Crippen LogP contribution in [0.1, 0.15) is 35.7 Å². The standard InChI is InChI=1S/C14H20N2O/c1-4-16(11-6-7-11)14(17)12-9-10(2)5-8-13(12)15-3/h5,8-9,11,15H,4,6-7H2,1-3H3. The molecule has 0 radical (unpaired) electrons. The highest BCUT2D eigenvalue weighted by molar-refractivity contribution is 6.00. The molecule has 0 bridgehead atoms. The van der Waals surface area contributed by atoms with E-state index in [0.717, 1.165) is 36.2 Å². The molecule has 2 rings (SSSR count). The first-order chi connectivity index (χ1) is 8.17. The van der Waals surface area contributed by atoms with E-state index in [1.807, 2.05) is 44.0 Å². The van der Waals surface area contributed by atoms with Gasteiger partial charge in [0.15, 0.2) is 0 Å². The molecule has 0 unspecified atom stereocenters. The minimum Gasteiger partial charge on any atom is -0.387 e. The number of benzene rings is 1. The molecule has 0 atom stereocenters. The summed E-state index contributed by atoms with van der Waals surface area (Å²) < 4.78 is 0. The van der Waals surface area contributed by atoms with E-state index in [1.54, 1.807) is 0 Å². The first kappa shape index (κ1) is 12.0. The summed E-state index contributed by atoms with van der Waals surface area (Å²) in [5, 5.41) is 3.09. The lowest BCUT2D eigenvalue weighted by Gasteiger charge is -2.22. The zero-order valence-electron chi connectivity index (χ0n) is 10.8. The summed E-state index contributed by atoms with van der Waals surface area (Å²) in [5.74, 6) is 0.156. The lowest BCUT2D eigenvalue weighted by molar-refractivity contribution is 0.0753. The molecule has 0 heterocycles. The first-order valence-electron chi connectivity index (χ1n) is 6.26. The van der Waals surface area contributed by atoms with Crippen molar-refractivity contribution in [2.75, 3.05) is 18.9 Å². The number of carbonyl (C=O) groups excluding carboxylic acids is 1. The normalized spacial score (nSPS) is 14.5. The van der Waals surface area contributed by atoms with Crippen LogP contribution < -0.4 is 5.32 Å². The zero-order chi connectivity index (χ0) is 12.4. The molecule has 1 amide bonds. The Morgan fingerprint density at radius 2 is 2.18 bits per heavy atom. The summed E-state index contributed by atoms with van der Waals surface area (Å²) >= 11 is 0. The molecule has 1 N–H and O–H groups in total. The quantitative estimate of drug-likeness (QED) is 0.865. The number of amides is 1. The van der Waals surface area contributed by atoms with Crippen LogP contribution in [-0.2, 0) is 0 Å². The predicted molar refractivity (Wildman–Crippen MR) is 70.5 cm³/mol. The van der Waals surface area contributed by atoms with Gasteiger partial charge in [-0.05, 0) is 38.8 Å². The van der Waals surface area contributed by atoms with Gasteiger partial charge in [0.1, 0.15) is 0 Å². The van der Waals surface area contributed by atoms with Crippen LogP contribution >= 0.6 is 0 Å². The van der Waals surface area contributed by atoms with E-state index in [2.05, 4.69) is 5.32 Å². The van der Waals surface area contributed by atoms with Crippen molar-refractivity contribution in [2.24, 2.45) is 0 Å². The van der Waals surface area contributed by atoms with Crippen LogP contribution in [0.2, 0.25) is 0 Å². The number of anilines is 1. The monoisotopic (exact) mass is 232 g/mol. The predicted octanol–water partition coefficient (Wildman–Crippen LogP) is 2.66. The van der Waals surface area contributed by atoms with Crippen LogP contribution in [0.15, 0.2) is 18.2 Å². The molecule has 0 saturated heterocycles. The van der Waals surface area contributed by atoms with Gasteiger partial charge in [-0.25, -0.2) is 0 Å². The molecule has 1 fully saturated rings. The molecule has 3 heteroatoms. The smallest absolute Gasteiger partial charge is 0.256 e. The lowest BCUT2D eigenvalue weighted by atomic mass is 10.1. The van der Waals surface area contributed by atoms with E-state index in [0.29, 0.717) is 6.04 Å². The molecular weight excluding hydrogens is 212 g/mol. The van der Waals surface area contributed by atoms with Gasteiger partial charge in [-0.2, -0.15) is 0 Å². The maximum Gasteiger partial charge on any atom is 0.256 e. The van der Waals surface area contributed by atoms with Crippen LogP contribution in [0.5, 0.6) is 0 Å². The number of carbonyl (C=O) groups is 1. The molecule has 1 aromatic carbocycles. The zero-order valence-corrected chi connectivity index (χ0v) is 10.8. The minimum atomic E-state index is 0.156. The number of hydrogen-bond donors (Lipinski definition) is 1. The maximum absolute atomic E-state index is 12.5. The highest BCUT2D eigenvalue weighted by Gasteiger charge is 2.32. The molecule has 0 aromatic heterocycles. The Bertz CT molecular complexity index is 424. The van der Waals surface area contributed by atoms with Crippen molar-refractivity contribution in [1.82, 2.24) is 4.90 Å². The van der Waals surface area contributed by atoms with Gasteiger partial charge in [0, 0.05) is 25.3 Å². The Morgan fingerprint density at radius 3 is 2.71 bits per heavy atom. The van der Waals surface area contributed by atoms with Crippen molar-refractivity contribution in [1.29, 1.82) is 0 Å². The second-order valence-electron chi connectivity index (χ2n) is 4.62. The summed E-state index contributed by atoms with van der Waals surface area (Å²) in [4.78, 5) is 14.5. The molecule has 3 nitrogen and oxygen atoms in total. The van der Waals surface area contributed by atoms with E-state index >= 15 is 0 Å². The summed E-state index contributed by atoms with van der Waals surface area (Å²) in [6.07, 6.45) is 2.31. The average molecular weight is 232 g/mol. The van der Waals surface area contributed by atoms with Crippen LogP contribution in [-0.4, -0.2) is 30.4 Å². The molecule has 1 aliphatic carbocycles. The Kier molecular flexibility index (Phi) is 3.36. The van der Waals surface area contributed by atoms with Crippen molar-refractivity contribution >= 4 is 11.6 Å². The molecule has 1 aliphatic rings. The summed E-state index contributed by atoms with van der Waals surface area (Å²) in [7, 11) is 1.86. The van der Waals surface area contributed by atoms with Gasteiger partial charge in [-0.15, -0.1) is 0 Å². The van der Waals surface area contributed by atoms with E-state index in [1.165, 1.54) is 0 Å². The van der Waals surface area contributed by atoms with Crippen molar-refractivity contribution in [3.8, 4) is 0 Å². The lowest BCUT2D eigenvalue weighted by Crippen LogP contribution is -2.33. The van der Waals surface area contributed by atoms with E-state index in [-0.39, 0.29) is 5.91 Å². The van der Waals surface area contributed by atoms with Crippen molar-refractivity contribution in [3.63, 3.8) is 0 Å². The Labute approximate surface area is 103 Å². The van der Waals surface area contributed by atoms with Gasteiger partial charge in [-0.1, -0.05) is 11.6 Å². The molecule has 17 heavy (non-hydrogen) atoms. The van der Waals surface area contributed by atoms with Crippen molar-refractivity contribution in [3.05, 3.63) is 29.3 Å². The third kappa shape index (κ3) is 2.43. The molecule has 0 spiro atoms. The minimum absolute atomic E-state index is 0.156. The van der Waals surface area contributed by atoms with E-state index in [9.17, 15) is 4.79 Å². The number of nitrogens with one attached hydrogen (secondary N) is 1. The van der Waals surface area contributed by atoms with Crippen molar-refractivity contribution < 1.29 is 4.79 Å². The van der Waals surface area contributed by atoms with Crippen LogP contribution in [0.3, 0.4) is 0 Å². The van der Waals surface area contributed by atoms with E-state index in [4.69, 9.17) is 0 Å². The van der Waals surface area contributed by atoms with Crippen LogP contribution in [0.25, 0.3) is 0 Å². The number of aryl methyl sites for hydroxylation is 1. The largest absolute Gasteiger partial charge is 0.387 e. The van der Waals surface area contributed by atoms with Crippen molar-refractivity contribution in [2.45, 2.75) is 32.7 Å². The summed E-state index contributed by atoms with van der Waals surface area (Å²) in [6.45, 7) is 4.86. The first-order valence-corrected chi connectivity index (χ1v) is 6.26. The molecule has 1 aromatic rings. The Balaban J connectivity index is 2.31. The maximum atomic E-state index is 12.5. The average Bonchev–Trinajstić information content (AvgIpc) is 3.14. The number of hydrogen-bond acceptors (Lipinski definition) is 2. The number of nitrogens with zero attached hydrogens (tertiary/aromatic N) is 1. The SMILES string of the molecule is CCN(C(=O)c1cc(C)ccc1NC)C1CC1. The topological polar surface area (TPSA) is 32.3 Å². The van der Waals surface area contributed by atoms with Gasteiger partial charge in [-0.3, -0.25) is 4.79 Å². The third-order valence-corrected chi connectivity index (χ3v) is 3.26. The highest BCUT2D eigenvalue weighted by atomic mass is 16.2. The van der Waals surface area contributed by atoms with Gasteiger partial charge < -0.3 is 10.2 Å². The molecular formula is C14H20N2O. The second-order valence-corrected chi connectivity index (χ2v) is 4.62. The van der Waals surface area contributed by atoms with Gasteiger partial charge >= 0.3 is 0 Å². The molecule has 92 valence electrons. The van der Waals surface area contributed by atoms with Gasteiger partial charge in [0.2, 0.25) is 0 Å². The van der Waals surface area contributed by atoms with E-state index < -0.39 is 0 Å². The highest BCUT2D eigenvalue weighted by Crippen LogP contribution is 2.29. The Hall–Kier alpha value is -1.51. The molecule has 0 aliphatic heterocycles. The fourth-order valence-electron chi connectivity index (χ4n) is 2.16. The number of rotatable bonds is 4. The third-order valence-electron chi connectivity index (χ3n) is 3.26. The van der Waals surface area contributed by atoms with Crippen LogP contribution in [0.4, 0.5) is 5.69 Å². The summed E-state index contributed by atoms with van der Waals surface area (Å²) in [5.41, 5.74) is 2.83. The Morgan fingerprint density at radius 1 is 1.47 bits per heavy atom. The van der Waals surface area contributed by atoms with Crippen LogP contribution in [0, 0.1) is 6.92 Å². The second kappa shape index (κ2) is 4.78. The fraction of sp³-hybridized carbons (Fsp3) is 0.500. The van der Waals surface area contributed by atoms with Gasteiger partial charge in [0.05, 0.1) is 5.56 Å². The summed E-state index contributed by atoms with van der Waals surface area (Å²) in [6, 6.07) is 6.44.